The number of benzene rings is 1. The molecule has 0 radical (unpaired) electrons. The molecule has 4 bridgehead atoms. The normalized spacial score (nSPS) is 32.0. The van der Waals surface area contributed by atoms with Crippen LogP contribution >= 0.6 is 0 Å². The maximum Gasteiger partial charge on any atom is 0.309 e. The summed E-state index contributed by atoms with van der Waals surface area (Å²) < 4.78 is 4.71. The molecule has 4 saturated carbocycles. The van der Waals surface area contributed by atoms with Gasteiger partial charge in [-0.2, -0.15) is 0 Å². The van der Waals surface area contributed by atoms with Gasteiger partial charge in [-0.3, -0.25) is 4.79 Å². The van der Waals surface area contributed by atoms with Crippen LogP contribution in [0.25, 0.3) is 0 Å². The Balaban J connectivity index is 1.17. The van der Waals surface area contributed by atoms with Crippen molar-refractivity contribution in [3.8, 4) is 0 Å². The van der Waals surface area contributed by atoms with E-state index in [9.17, 15) is 4.79 Å². The van der Waals surface area contributed by atoms with Gasteiger partial charge in [0.2, 0.25) is 0 Å². The minimum Gasteiger partial charge on any atom is -0.469 e. The van der Waals surface area contributed by atoms with E-state index in [1.54, 1.807) is 19.3 Å². The van der Waals surface area contributed by atoms with Crippen molar-refractivity contribution >= 4 is 5.97 Å². The van der Waals surface area contributed by atoms with Gasteiger partial charge < -0.3 is 10.1 Å². The van der Waals surface area contributed by atoms with Crippen LogP contribution in [0.4, 0.5) is 0 Å². The van der Waals surface area contributed by atoms with Crippen LogP contribution in [0.1, 0.15) is 62.5 Å². The summed E-state index contributed by atoms with van der Waals surface area (Å²) in [5.41, 5.74) is 3.02. The quantitative estimate of drug-likeness (QED) is 0.552. The van der Waals surface area contributed by atoms with E-state index in [1.165, 1.54) is 44.8 Å². The average Bonchev–Trinajstić information content (AvgIpc) is 2.61. The van der Waals surface area contributed by atoms with Crippen molar-refractivity contribution in [2.45, 2.75) is 64.3 Å². The van der Waals surface area contributed by atoms with Crippen LogP contribution < -0.4 is 5.32 Å². The van der Waals surface area contributed by atoms with Gasteiger partial charge in [-0.15, -0.1) is 0 Å². The molecular weight excluding hydrogens is 322 g/mol. The third kappa shape index (κ3) is 4.14. The Morgan fingerprint density at radius 1 is 1.04 bits per heavy atom. The Kier molecular flexibility index (Phi) is 5.35. The summed E-state index contributed by atoms with van der Waals surface area (Å²) in [6.45, 7) is 2.03. The van der Waals surface area contributed by atoms with Gasteiger partial charge >= 0.3 is 5.97 Å². The predicted octanol–water partition coefficient (Wildman–Crippen LogP) is 4.49. The maximum absolute atomic E-state index is 11.3. The number of nitrogens with one attached hydrogen (secondary N) is 1. The number of carbonyl (C=O) groups is 1. The van der Waals surface area contributed by atoms with Gasteiger partial charge in [0, 0.05) is 6.54 Å². The van der Waals surface area contributed by atoms with Gasteiger partial charge in [0.05, 0.1) is 13.5 Å². The molecule has 0 unspecified atom stereocenters. The van der Waals surface area contributed by atoms with E-state index in [-0.39, 0.29) is 5.97 Å². The van der Waals surface area contributed by atoms with E-state index in [0.29, 0.717) is 11.8 Å². The van der Waals surface area contributed by atoms with Crippen molar-refractivity contribution in [3.05, 3.63) is 35.4 Å². The van der Waals surface area contributed by atoms with Gasteiger partial charge in [-0.1, -0.05) is 24.3 Å². The zero-order valence-electron chi connectivity index (χ0n) is 16.1. The second-order valence-corrected chi connectivity index (χ2v) is 9.27. The van der Waals surface area contributed by atoms with Crippen LogP contribution in [-0.4, -0.2) is 19.6 Å². The fourth-order valence-corrected chi connectivity index (χ4v) is 6.43. The molecule has 0 atom stereocenters. The van der Waals surface area contributed by atoms with E-state index in [2.05, 4.69) is 17.4 Å². The first-order valence-corrected chi connectivity index (χ1v) is 10.5. The summed E-state index contributed by atoms with van der Waals surface area (Å²) in [6.07, 6.45) is 12.3. The standard InChI is InChI=1S/C23H33NO2/c1-26-22(25)12-17-3-5-18(6-4-17)16-24-8-2-7-23-13-19-9-20(14-23)11-21(10-19)15-23/h3-6,19-21,24H,2,7-16H2,1H3. The molecule has 5 rings (SSSR count). The Bertz CT molecular complexity index is 586. The number of esters is 1. The first-order chi connectivity index (χ1) is 12.6. The molecule has 1 aromatic carbocycles. The number of carbonyl (C=O) groups excluding carboxylic acids is 1. The number of ether oxygens (including phenoxy) is 1. The molecule has 4 fully saturated rings. The maximum atomic E-state index is 11.3. The topological polar surface area (TPSA) is 38.3 Å². The molecular formula is C23H33NO2. The second-order valence-electron chi connectivity index (χ2n) is 9.27. The van der Waals surface area contributed by atoms with Gasteiger partial charge in [0.25, 0.3) is 0 Å². The van der Waals surface area contributed by atoms with Crippen LogP contribution in [0.15, 0.2) is 24.3 Å². The molecule has 3 nitrogen and oxygen atoms in total. The minimum absolute atomic E-state index is 0.180. The van der Waals surface area contributed by atoms with Crippen LogP contribution in [0, 0.1) is 23.2 Å². The molecule has 0 heterocycles. The third-order valence-electron chi connectivity index (χ3n) is 7.15. The molecule has 0 saturated heterocycles. The van der Waals surface area contributed by atoms with E-state index >= 15 is 0 Å². The second kappa shape index (κ2) is 7.72. The molecule has 1 aromatic rings. The molecule has 3 heteroatoms. The highest BCUT2D eigenvalue weighted by atomic mass is 16.5. The number of hydrogen-bond acceptors (Lipinski definition) is 3. The van der Waals surface area contributed by atoms with Crippen molar-refractivity contribution in [1.82, 2.24) is 5.32 Å². The summed E-state index contributed by atoms with van der Waals surface area (Å²) in [5, 5.41) is 3.61. The highest BCUT2D eigenvalue weighted by molar-refractivity contribution is 5.72. The zero-order chi connectivity index (χ0) is 18.0. The molecule has 142 valence electrons. The fourth-order valence-electron chi connectivity index (χ4n) is 6.43. The molecule has 0 amide bonds. The first-order valence-electron chi connectivity index (χ1n) is 10.5. The fraction of sp³-hybridized carbons (Fsp3) is 0.696. The average molecular weight is 356 g/mol. The summed E-state index contributed by atoms with van der Waals surface area (Å²) >= 11 is 0. The van der Waals surface area contributed by atoms with Crippen LogP contribution in [0.2, 0.25) is 0 Å². The summed E-state index contributed by atoms with van der Waals surface area (Å²) in [6, 6.07) is 8.29. The Labute approximate surface area is 157 Å². The van der Waals surface area contributed by atoms with Crippen LogP contribution in [0.3, 0.4) is 0 Å². The highest BCUT2D eigenvalue weighted by Crippen LogP contribution is 2.61. The molecule has 4 aliphatic carbocycles. The third-order valence-corrected chi connectivity index (χ3v) is 7.15. The molecule has 26 heavy (non-hydrogen) atoms. The van der Waals surface area contributed by atoms with E-state index in [1.807, 2.05) is 12.1 Å². The monoisotopic (exact) mass is 355 g/mol. The summed E-state index contributed by atoms with van der Waals surface area (Å²) in [7, 11) is 1.43. The highest BCUT2D eigenvalue weighted by Gasteiger charge is 2.50. The van der Waals surface area contributed by atoms with Crippen LogP contribution in [-0.2, 0) is 22.5 Å². The summed E-state index contributed by atoms with van der Waals surface area (Å²) in [5.74, 6) is 3.02. The smallest absolute Gasteiger partial charge is 0.309 e. The minimum atomic E-state index is -0.180. The Morgan fingerprint density at radius 2 is 1.62 bits per heavy atom. The molecule has 1 N–H and O–H groups in total. The van der Waals surface area contributed by atoms with Crippen molar-refractivity contribution in [1.29, 1.82) is 0 Å². The molecule has 0 spiro atoms. The van der Waals surface area contributed by atoms with Crippen molar-refractivity contribution in [2.24, 2.45) is 23.2 Å². The largest absolute Gasteiger partial charge is 0.469 e. The lowest BCUT2D eigenvalue weighted by atomic mass is 9.48. The summed E-state index contributed by atoms with van der Waals surface area (Å²) in [4.78, 5) is 11.3. The molecule has 0 aliphatic heterocycles. The van der Waals surface area contributed by atoms with Crippen molar-refractivity contribution < 1.29 is 9.53 Å². The van der Waals surface area contributed by atoms with Gasteiger partial charge in [-0.25, -0.2) is 0 Å². The SMILES string of the molecule is COC(=O)Cc1ccc(CNCCCC23CC4CC(CC(C4)C2)C3)cc1. The molecule has 0 aromatic heterocycles. The van der Waals surface area contributed by atoms with Crippen molar-refractivity contribution in [3.63, 3.8) is 0 Å². The van der Waals surface area contributed by atoms with Gasteiger partial charge in [0.15, 0.2) is 0 Å². The first kappa shape index (κ1) is 18.0. The molecule has 4 aliphatic rings. The lowest BCUT2D eigenvalue weighted by molar-refractivity contribution is -0.139. The van der Waals surface area contributed by atoms with E-state index in [0.717, 1.165) is 36.4 Å². The number of rotatable bonds is 8. The zero-order valence-corrected chi connectivity index (χ0v) is 16.1. The van der Waals surface area contributed by atoms with Crippen molar-refractivity contribution in [2.75, 3.05) is 13.7 Å². The lowest BCUT2D eigenvalue weighted by Gasteiger charge is -2.57. The van der Waals surface area contributed by atoms with E-state index in [4.69, 9.17) is 4.74 Å². The van der Waals surface area contributed by atoms with Gasteiger partial charge in [-0.05, 0) is 92.2 Å². The Hall–Kier alpha value is -1.35. The Morgan fingerprint density at radius 3 is 2.19 bits per heavy atom. The predicted molar refractivity (Wildman–Crippen MR) is 104 cm³/mol. The van der Waals surface area contributed by atoms with Gasteiger partial charge in [0.1, 0.15) is 0 Å². The number of methoxy groups -OCH3 is 1. The van der Waals surface area contributed by atoms with E-state index < -0.39 is 0 Å². The van der Waals surface area contributed by atoms with Crippen LogP contribution in [0.5, 0.6) is 0 Å². The lowest BCUT2D eigenvalue weighted by Crippen LogP contribution is -2.46. The number of hydrogen-bond donors (Lipinski definition) is 1.